The van der Waals surface area contributed by atoms with Crippen LogP contribution in [-0.2, 0) is 19.9 Å². The lowest BCUT2D eigenvalue weighted by molar-refractivity contribution is 0.0943. The van der Waals surface area contributed by atoms with Crippen molar-refractivity contribution in [2.45, 2.75) is 52.5 Å². The fraction of sp³-hybridized carbons (Fsp3) is 0.391. The summed E-state index contributed by atoms with van der Waals surface area (Å²) in [6.45, 7) is 5.70. The van der Waals surface area contributed by atoms with Crippen molar-refractivity contribution in [1.82, 2.24) is 15.1 Å². The number of aromatic nitrogens is 2. The van der Waals surface area contributed by atoms with Gasteiger partial charge < -0.3 is 10.6 Å². The van der Waals surface area contributed by atoms with Crippen molar-refractivity contribution in [3.8, 4) is 0 Å². The Bertz CT molecular complexity index is 1260. The maximum absolute atomic E-state index is 13.1. The van der Waals surface area contributed by atoms with Gasteiger partial charge in [-0.25, -0.2) is 0 Å². The lowest BCUT2D eigenvalue weighted by atomic mass is 9.95. The van der Waals surface area contributed by atoms with E-state index in [4.69, 9.17) is 0 Å². The Balaban J connectivity index is 1.76. The number of carbonyl (C=O) groups excluding carboxylic acids is 2. The molecule has 0 saturated carbocycles. The van der Waals surface area contributed by atoms with Gasteiger partial charge in [-0.2, -0.15) is 5.10 Å². The topological polar surface area (TPSA) is 93.1 Å². The van der Waals surface area contributed by atoms with Crippen molar-refractivity contribution >= 4 is 39.1 Å². The number of thiophene rings is 1. The van der Waals surface area contributed by atoms with Crippen molar-refractivity contribution in [3.63, 3.8) is 0 Å². The average Bonchev–Trinajstić information content (AvgIpc) is 3.07. The third-order valence-corrected chi connectivity index (χ3v) is 6.68. The zero-order chi connectivity index (χ0) is 22.3. The van der Waals surface area contributed by atoms with E-state index < -0.39 is 11.3 Å². The molecule has 162 valence electrons. The molecule has 1 aromatic carbocycles. The van der Waals surface area contributed by atoms with Gasteiger partial charge in [0.25, 0.3) is 11.8 Å². The van der Waals surface area contributed by atoms with E-state index in [0.717, 1.165) is 41.7 Å². The van der Waals surface area contributed by atoms with Crippen LogP contribution in [0.2, 0.25) is 0 Å². The van der Waals surface area contributed by atoms with Gasteiger partial charge in [-0.3, -0.25) is 19.1 Å². The van der Waals surface area contributed by atoms with E-state index in [1.54, 1.807) is 13.1 Å². The molecule has 1 aliphatic carbocycles. The highest BCUT2D eigenvalue weighted by Gasteiger charge is 2.28. The molecule has 0 bridgehead atoms. The van der Waals surface area contributed by atoms with Gasteiger partial charge in [0, 0.05) is 18.0 Å². The van der Waals surface area contributed by atoms with Gasteiger partial charge in [-0.05, 0) is 64.2 Å². The van der Waals surface area contributed by atoms with Crippen LogP contribution in [0.5, 0.6) is 0 Å². The molecule has 0 radical (unpaired) electrons. The summed E-state index contributed by atoms with van der Waals surface area (Å²) in [6.07, 6.45) is 3.80. The molecule has 1 aliphatic rings. The monoisotopic (exact) mass is 438 g/mol. The largest absolute Gasteiger partial charge is 0.350 e. The number of fused-ring (bicyclic) bond motifs is 2. The molecule has 2 heterocycles. The highest BCUT2D eigenvalue weighted by Crippen LogP contribution is 2.38. The van der Waals surface area contributed by atoms with Crippen LogP contribution in [0.4, 0.5) is 5.00 Å². The number of carbonyl (C=O) groups is 2. The second-order valence-corrected chi connectivity index (χ2v) is 9.42. The zero-order valence-electron chi connectivity index (χ0n) is 18.2. The minimum absolute atomic E-state index is 0.0205. The lowest BCUT2D eigenvalue weighted by Gasteiger charge is -2.14. The Kier molecular flexibility index (Phi) is 5.66. The summed E-state index contributed by atoms with van der Waals surface area (Å²) in [5.41, 5.74) is 2.54. The third-order valence-electron chi connectivity index (χ3n) is 5.47. The van der Waals surface area contributed by atoms with Crippen LogP contribution in [0.25, 0.3) is 10.9 Å². The third kappa shape index (κ3) is 3.99. The van der Waals surface area contributed by atoms with E-state index in [9.17, 15) is 14.4 Å². The van der Waals surface area contributed by atoms with Gasteiger partial charge in [-0.1, -0.05) is 11.6 Å². The maximum atomic E-state index is 13.1. The summed E-state index contributed by atoms with van der Waals surface area (Å²) in [4.78, 5) is 40.2. The minimum atomic E-state index is -0.596. The summed E-state index contributed by atoms with van der Waals surface area (Å²) in [5, 5.41) is 10.9. The molecule has 2 N–H and O–H groups in total. The van der Waals surface area contributed by atoms with E-state index in [-0.39, 0.29) is 17.6 Å². The molecule has 8 heteroatoms. The van der Waals surface area contributed by atoms with Crippen molar-refractivity contribution in [3.05, 3.63) is 55.7 Å². The molecule has 2 aromatic heterocycles. The van der Waals surface area contributed by atoms with Crippen molar-refractivity contribution < 1.29 is 9.59 Å². The molecule has 4 rings (SSSR count). The minimum Gasteiger partial charge on any atom is -0.350 e. The van der Waals surface area contributed by atoms with E-state index in [1.807, 2.05) is 32.9 Å². The fourth-order valence-electron chi connectivity index (χ4n) is 4.03. The number of hydrogen-bond acceptors (Lipinski definition) is 5. The van der Waals surface area contributed by atoms with Crippen LogP contribution in [0.1, 0.15) is 63.5 Å². The number of amides is 2. The molecule has 0 unspecified atom stereocenters. The van der Waals surface area contributed by atoms with Gasteiger partial charge in [0.05, 0.1) is 16.5 Å². The van der Waals surface area contributed by atoms with E-state index in [0.29, 0.717) is 21.5 Å². The molecular formula is C23H26N4O3S. The second-order valence-electron chi connectivity index (χ2n) is 8.32. The Labute approximate surface area is 184 Å². The summed E-state index contributed by atoms with van der Waals surface area (Å²) >= 11 is 1.43. The smallest absolute Gasteiger partial charge is 0.280 e. The molecule has 0 spiro atoms. The normalized spacial score (nSPS) is 13.3. The number of aryl methyl sites for hydroxylation is 3. The highest BCUT2D eigenvalue weighted by molar-refractivity contribution is 7.17. The maximum Gasteiger partial charge on any atom is 0.280 e. The molecule has 0 fully saturated rings. The van der Waals surface area contributed by atoms with Gasteiger partial charge in [0.15, 0.2) is 5.69 Å². The Morgan fingerprint density at radius 1 is 1.16 bits per heavy atom. The van der Waals surface area contributed by atoms with E-state index >= 15 is 0 Å². The fourth-order valence-corrected chi connectivity index (χ4v) is 5.31. The van der Waals surface area contributed by atoms with Gasteiger partial charge in [0.2, 0.25) is 5.43 Å². The van der Waals surface area contributed by atoms with Crippen molar-refractivity contribution in [2.75, 3.05) is 5.32 Å². The molecular weight excluding hydrogens is 412 g/mol. The van der Waals surface area contributed by atoms with Crippen LogP contribution in [0, 0.1) is 6.92 Å². The first-order valence-electron chi connectivity index (χ1n) is 10.5. The lowest BCUT2D eigenvalue weighted by Crippen LogP contribution is -2.32. The summed E-state index contributed by atoms with van der Waals surface area (Å²) < 4.78 is 1.54. The summed E-state index contributed by atoms with van der Waals surface area (Å²) in [6, 6.07) is 5.47. The zero-order valence-corrected chi connectivity index (χ0v) is 19.0. The van der Waals surface area contributed by atoms with Crippen molar-refractivity contribution in [1.29, 1.82) is 0 Å². The Morgan fingerprint density at radius 3 is 2.65 bits per heavy atom. The number of benzene rings is 1. The molecule has 0 saturated heterocycles. The van der Waals surface area contributed by atoms with E-state index in [1.165, 1.54) is 16.0 Å². The molecule has 2 amide bonds. The Hall–Kier alpha value is -3.00. The van der Waals surface area contributed by atoms with Crippen LogP contribution >= 0.6 is 11.3 Å². The van der Waals surface area contributed by atoms with Crippen LogP contribution < -0.4 is 16.1 Å². The van der Waals surface area contributed by atoms with Gasteiger partial charge in [0.1, 0.15) is 5.00 Å². The SMILES string of the molecule is Cc1ccc2c(c1)c(=O)c(C(=O)Nc1sc3c(c1C(=O)NC(C)C)CCCC3)nn2C. The Morgan fingerprint density at radius 2 is 1.90 bits per heavy atom. The quantitative estimate of drug-likeness (QED) is 0.651. The van der Waals surface area contributed by atoms with Gasteiger partial charge >= 0.3 is 0 Å². The number of nitrogens with one attached hydrogen (secondary N) is 2. The molecule has 7 nitrogen and oxygen atoms in total. The number of hydrogen-bond donors (Lipinski definition) is 2. The second kappa shape index (κ2) is 8.26. The van der Waals surface area contributed by atoms with Crippen LogP contribution in [0.3, 0.4) is 0 Å². The van der Waals surface area contributed by atoms with Crippen LogP contribution in [-0.4, -0.2) is 27.6 Å². The first-order chi connectivity index (χ1) is 14.8. The number of nitrogens with zero attached hydrogens (tertiary/aromatic N) is 2. The van der Waals surface area contributed by atoms with E-state index in [2.05, 4.69) is 15.7 Å². The highest BCUT2D eigenvalue weighted by atomic mass is 32.1. The first kappa shape index (κ1) is 21.2. The standard InChI is InChI=1S/C23H26N4O3S/c1-12(2)24-21(29)18-14-7-5-6-8-17(14)31-23(18)25-22(30)19-20(28)15-11-13(3)9-10-16(15)27(4)26-19/h9-12H,5-8H2,1-4H3,(H,24,29)(H,25,30). The predicted octanol–water partition coefficient (Wildman–Crippen LogP) is 3.57. The van der Waals surface area contributed by atoms with Crippen molar-refractivity contribution in [2.24, 2.45) is 7.05 Å². The average molecular weight is 439 g/mol. The summed E-state index contributed by atoms with van der Waals surface area (Å²) in [5.74, 6) is -0.791. The molecule has 0 aliphatic heterocycles. The number of rotatable bonds is 4. The van der Waals surface area contributed by atoms with Crippen LogP contribution in [0.15, 0.2) is 23.0 Å². The summed E-state index contributed by atoms with van der Waals surface area (Å²) in [7, 11) is 1.71. The molecule has 31 heavy (non-hydrogen) atoms. The predicted molar refractivity (Wildman–Crippen MR) is 123 cm³/mol. The number of anilines is 1. The van der Waals surface area contributed by atoms with Gasteiger partial charge in [-0.15, -0.1) is 11.3 Å². The molecule has 0 atom stereocenters. The molecule has 3 aromatic rings. The first-order valence-corrected chi connectivity index (χ1v) is 11.3.